The van der Waals surface area contributed by atoms with Gasteiger partial charge in [0.05, 0.1) is 30.4 Å². The SMILES string of the molecule is COc1ccc(NS(=O)(=O)c2ccc(SC)c(C(=O)N3CCCCCC3)c2)cc1OC. The molecule has 1 aliphatic rings. The Morgan fingerprint density at radius 1 is 0.968 bits per heavy atom. The highest BCUT2D eigenvalue weighted by molar-refractivity contribution is 7.98. The summed E-state index contributed by atoms with van der Waals surface area (Å²) in [6, 6.07) is 9.46. The molecule has 31 heavy (non-hydrogen) atoms. The van der Waals surface area contributed by atoms with Crippen LogP contribution in [-0.2, 0) is 10.0 Å². The first kappa shape index (κ1) is 23.3. The molecular formula is C22H28N2O5S2. The van der Waals surface area contributed by atoms with Crippen molar-refractivity contribution in [2.45, 2.75) is 35.5 Å². The van der Waals surface area contributed by atoms with Gasteiger partial charge in [-0.3, -0.25) is 9.52 Å². The average molecular weight is 465 g/mol. The maximum absolute atomic E-state index is 13.2. The molecule has 1 fully saturated rings. The lowest BCUT2D eigenvalue weighted by Gasteiger charge is -2.22. The first-order chi connectivity index (χ1) is 14.9. The van der Waals surface area contributed by atoms with Gasteiger partial charge in [-0.05, 0) is 49.4 Å². The number of carbonyl (C=O) groups excluding carboxylic acids is 1. The smallest absolute Gasteiger partial charge is 0.261 e. The van der Waals surface area contributed by atoms with Crippen LogP contribution in [0.15, 0.2) is 46.2 Å². The molecule has 1 N–H and O–H groups in total. The molecule has 0 radical (unpaired) electrons. The number of amides is 1. The van der Waals surface area contributed by atoms with Gasteiger partial charge < -0.3 is 14.4 Å². The molecule has 2 aromatic carbocycles. The Balaban J connectivity index is 1.91. The van der Waals surface area contributed by atoms with Crippen molar-refractivity contribution in [1.29, 1.82) is 0 Å². The van der Waals surface area contributed by atoms with E-state index in [9.17, 15) is 13.2 Å². The second-order valence-electron chi connectivity index (χ2n) is 7.24. The third-order valence-corrected chi connectivity index (χ3v) is 7.42. The number of methoxy groups -OCH3 is 2. The molecule has 1 heterocycles. The van der Waals surface area contributed by atoms with Crippen LogP contribution in [0.2, 0.25) is 0 Å². The summed E-state index contributed by atoms with van der Waals surface area (Å²) in [7, 11) is -0.907. The standard InChI is InChI=1S/C22H28N2O5S2/c1-28-19-10-8-16(14-20(19)29-2)23-31(26,27)17-9-11-21(30-3)18(15-17)22(25)24-12-6-4-5-7-13-24/h8-11,14-15,23H,4-7,12-13H2,1-3H3. The fourth-order valence-corrected chi connectivity index (χ4v) is 5.22. The predicted octanol–water partition coefficient (Wildman–Crippen LogP) is 4.24. The molecule has 0 atom stereocenters. The van der Waals surface area contributed by atoms with Crippen LogP contribution in [0.4, 0.5) is 5.69 Å². The lowest BCUT2D eigenvalue weighted by molar-refractivity contribution is 0.0758. The van der Waals surface area contributed by atoms with Gasteiger partial charge in [-0.1, -0.05) is 12.8 Å². The van der Waals surface area contributed by atoms with E-state index in [0.717, 1.165) is 30.6 Å². The maximum Gasteiger partial charge on any atom is 0.261 e. The van der Waals surface area contributed by atoms with Crippen LogP contribution in [0, 0.1) is 0 Å². The number of benzene rings is 2. The molecule has 2 aromatic rings. The highest BCUT2D eigenvalue weighted by Gasteiger charge is 2.23. The van der Waals surface area contributed by atoms with Crippen molar-refractivity contribution in [3.63, 3.8) is 0 Å². The van der Waals surface area contributed by atoms with E-state index >= 15 is 0 Å². The van der Waals surface area contributed by atoms with E-state index in [1.165, 1.54) is 38.1 Å². The highest BCUT2D eigenvalue weighted by Crippen LogP contribution is 2.31. The van der Waals surface area contributed by atoms with Crippen molar-refractivity contribution in [3.05, 3.63) is 42.0 Å². The maximum atomic E-state index is 13.2. The van der Waals surface area contributed by atoms with E-state index in [1.54, 1.807) is 24.3 Å². The number of nitrogens with zero attached hydrogens (tertiary/aromatic N) is 1. The summed E-state index contributed by atoms with van der Waals surface area (Å²) in [4.78, 5) is 15.8. The molecule has 1 amide bonds. The van der Waals surface area contributed by atoms with Crippen LogP contribution in [0.1, 0.15) is 36.0 Å². The van der Waals surface area contributed by atoms with Gasteiger partial charge in [0.15, 0.2) is 11.5 Å². The number of thioether (sulfide) groups is 1. The van der Waals surface area contributed by atoms with Gasteiger partial charge in [-0.25, -0.2) is 8.42 Å². The molecule has 0 spiro atoms. The van der Waals surface area contributed by atoms with Gasteiger partial charge in [0.2, 0.25) is 0 Å². The van der Waals surface area contributed by atoms with Crippen LogP contribution in [0.3, 0.4) is 0 Å². The van der Waals surface area contributed by atoms with E-state index in [-0.39, 0.29) is 10.8 Å². The zero-order valence-corrected chi connectivity index (χ0v) is 19.6. The summed E-state index contributed by atoms with van der Waals surface area (Å²) in [5.41, 5.74) is 0.761. The number of ether oxygens (including phenoxy) is 2. The Hall–Kier alpha value is -2.39. The summed E-state index contributed by atoms with van der Waals surface area (Å²) in [6.07, 6.45) is 6.05. The van der Waals surface area contributed by atoms with Crippen molar-refractivity contribution in [2.75, 3.05) is 38.3 Å². The summed E-state index contributed by atoms with van der Waals surface area (Å²) in [5, 5.41) is 0. The molecule has 0 saturated carbocycles. The molecule has 168 valence electrons. The minimum Gasteiger partial charge on any atom is -0.493 e. The minimum absolute atomic E-state index is 0.0401. The van der Waals surface area contributed by atoms with Gasteiger partial charge in [0.25, 0.3) is 15.9 Å². The molecule has 1 saturated heterocycles. The molecule has 9 heteroatoms. The van der Waals surface area contributed by atoms with Crippen LogP contribution in [-0.4, -0.2) is 52.8 Å². The third kappa shape index (κ3) is 5.46. The van der Waals surface area contributed by atoms with Crippen molar-refractivity contribution in [3.8, 4) is 11.5 Å². The summed E-state index contributed by atoms with van der Waals surface area (Å²) >= 11 is 1.43. The number of nitrogens with one attached hydrogen (secondary N) is 1. The Labute approximate surface area is 188 Å². The Bertz CT molecular complexity index is 1030. The normalized spacial score (nSPS) is 14.6. The quantitative estimate of drug-likeness (QED) is 0.617. The molecular weight excluding hydrogens is 436 g/mol. The van der Waals surface area contributed by atoms with E-state index in [1.807, 2.05) is 11.2 Å². The Morgan fingerprint density at radius 3 is 2.26 bits per heavy atom. The number of rotatable bonds is 7. The summed E-state index contributed by atoms with van der Waals surface area (Å²) in [5.74, 6) is 0.798. The minimum atomic E-state index is -3.90. The number of anilines is 1. The summed E-state index contributed by atoms with van der Waals surface area (Å²) < 4.78 is 39.1. The van der Waals surface area contributed by atoms with Crippen LogP contribution >= 0.6 is 11.8 Å². The number of carbonyl (C=O) groups is 1. The Morgan fingerprint density at radius 2 is 1.65 bits per heavy atom. The molecule has 0 bridgehead atoms. The fourth-order valence-electron chi connectivity index (χ4n) is 3.58. The first-order valence-corrected chi connectivity index (χ1v) is 12.8. The lowest BCUT2D eigenvalue weighted by Crippen LogP contribution is -2.32. The van der Waals surface area contributed by atoms with E-state index in [4.69, 9.17) is 9.47 Å². The molecule has 0 aliphatic carbocycles. The largest absolute Gasteiger partial charge is 0.493 e. The second-order valence-corrected chi connectivity index (χ2v) is 9.77. The predicted molar refractivity (Wildman–Crippen MR) is 123 cm³/mol. The molecule has 7 nitrogen and oxygen atoms in total. The zero-order valence-electron chi connectivity index (χ0n) is 18.0. The van der Waals surface area contributed by atoms with Crippen molar-refractivity contribution >= 4 is 33.4 Å². The molecule has 1 aliphatic heterocycles. The fraction of sp³-hybridized carbons (Fsp3) is 0.409. The van der Waals surface area contributed by atoms with Gasteiger partial charge >= 0.3 is 0 Å². The zero-order chi connectivity index (χ0) is 22.4. The molecule has 0 aromatic heterocycles. The average Bonchev–Trinajstić information content (AvgIpc) is 3.07. The second kappa shape index (κ2) is 10.3. The van der Waals surface area contributed by atoms with Crippen molar-refractivity contribution < 1.29 is 22.7 Å². The van der Waals surface area contributed by atoms with Crippen LogP contribution in [0.25, 0.3) is 0 Å². The van der Waals surface area contributed by atoms with E-state index < -0.39 is 10.0 Å². The molecule has 0 unspecified atom stereocenters. The van der Waals surface area contributed by atoms with Crippen LogP contribution in [0.5, 0.6) is 11.5 Å². The van der Waals surface area contributed by atoms with Crippen molar-refractivity contribution in [2.24, 2.45) is 0 Å². The monoisotopic (exact) mass is 464 g/mol. The number of sulfonamides is 1. The van der Waals surface area contributed by atoms with Gasteiger partial charge in [-0.2, -0.15) is 0 Å². The lowest BCUT2D eigenvalue weighted by atomic mass is 10.2. The molecule has 3 rings (SSSR count). The highest BCUT2D eigenvalue weighted by atomic mass is 32.2. The Kier molecular flexibility index (Phi) is 7.72. The van der Waals surface area contributed by atoms with Gasteiger partial charge in [0, 0.05) is 24.1 Å². The third-order valence-electron chi connectivity index (χ3n) is 5.24. The van der Waals surface area contributed by atoms with Crippen LogP contribution < -0.4 is 14.2 Å². The van der Waals surface area contributed by atoms with Gasteiger partial charge in [0.1, 0.15) is 0 Å². The summed E-state index contributed by atoms with van der Waals surface area (Å²) in [6.45, 7) is 1.40. The van der Waals surface area contributed by atoms with E-state index in [0.29, 0.717) is 35.8 Å². The number of hydrogen-bond acceptors (Lipinski definition) is 6. The van der Waals surface area contributed by atoms with Crippen molar-refractivity contribution in [1.82, 2.24) is 4.90 Å². The first-order valence-electron chi connectivity index (χ1n) is 10.1. The number of likely N-dealkylation sites (tertiary alicyclic amines) is 1. The van der Waals surface area contributed by atoms with E-state index in [2.05, 4.69) is 4.72 Å². The number of hydrogen-bond donors (Lipinski definition) is 1. The van der Waals surface area contributed by atoms with Gasteiger partial charge in [-0.15, -0.1) is 11.8 Å². The topological polar surface area (TPSA) is 84.9 Å².